The van der Waals surface area contributed by atoms with E-state index in [-0.39, 0.29) is 0 Å². The molecule has 31 rings (SSSR count). The van der Waals surface area contributed by atoms with Crippen molar-refractivity contribution in [3.8, 4) is 89.8 Å². The maximum Gasteiger partial charge on any atom is 0.136 e. The van der Waals surface area contributed by atoms with Crippen molar-refractivity contribution >= 4 is 185 Å². The first-order valence-corrected chi connectivity index (χ1v) is 49.8. The molecule has 0 aliphatic heterocycles. The van der Waals surface area contributed by atoms with E-state index in [0.717, 1.165) is 67.2 Å². The molecule has 0 saturated carbocycles. The zero-order valence-corrected chi connectivity index (χ0v) is 78.9. The molecule has 24 aromatic carbocycles. The molecule has 0 spiro atoms. The smallest absolute Gasteiger partial charge is 0.136 e. The molecule has 0 bridgehead atoms. The van der Waals surface area contributed by atoms with E-state index >= 15 is 0 Å². The van der Waals surface area contributed by atoms with Crippen LogP contribution in [0, 0.1) is 0 Å². The van der Waals surface area contributed by atoms with Crippen molar-refractivity contribution in [1.29, 1.82) is 0 Å². The van der Waals surface area contributed by atoms with E-state index in [4.69, 9.17) is 4.42 Å². The van der Waals surface area contributed by atoms with Crippen molar-refractivity contribution in [1.82, 2.24) is 27.4 Å². The van der Waals surface area contributed by atoms with Gasteiger partial charge in [-0.15, -0.1) is 0 Å². The predicted octanol–water partition coefficient (Wildman–Crippen LogP) is 37.3. The number of rotatable bonds is 11. The molecule has 0 aliphatic rings. The third kappa shape index (κ3) is 13.4. The molecule has 7 heteroatoms. The molecule has 676 valence electrons. The molecule has 0 atom stereocenters. The lowest BCUT2D eigenvalue weighted by Gasteiger charge is -2.12. The average Bonchev–Trinajstić information content (AvgIpc) is 1.55. The van der Waals surface area contributed by atoms with Crippen LogP contribution in [-0.2, 0) is 0 Å². The van der Waals surface area contributed by atoms with Crippen LogP contribution in [0.15, 0.2) is 538 Å². The molecule has 145 heavy (non-hydrogen) atoms. The van der Waals surface area contributed by atoms with Crippen LogP contribution in [0.1, 0.15) is 0 Å². The third-order valence-electron chi connectivity index (χ3n) is 30.1. The summed E-state index contributed by atoms with van der Waals surface area (Å²) in [6.45, 7) is 0. The van der Waals surface area contributed by atoms with Gasteiger partial charge in [0.15, 0.2) is 0 Å². The van der Waals surface area contributed by atoms with Gasteiger partial charge in [0.25, 0.3) is 0 Å². The van der Waals surface area contributed by atoms with E-state index in [1.54, 1.807) is 0 Å². The summed E-state index contributed by atoms with van der Waals surface area (Å²) in [5, 5.41) is 24.8. The maximum atomic E-state index is 6.28. The Morgan fingerprint density at radius 3 is 0.745 bits per heavy atom. The Balaban J connectivity index is 0.000000103. The van der Waals surface area contributed by atoms with E-state index < -0.39 is 0 Å². The van der Waals surface area contributed by atoms with Crippen LogP contribution in [0.3, 0.4) is 0 Å². The summed E-state index contributed by atoms with van der Waals surface area (Å²) in [6.07, 6.45) is 0. The molecule has 0 saturated heterocycles. The van der Waals surface area contributed by atoms with Gasteiger partial charge in [-0.05, 0) is 199 Å². The van der Waals surface area contributed by atoms with Gasteiger partial charge in [-0.2, -0.15) is 0 Å². The number of furan rings is 1. The average molecular weight is 1850 g/mol. The fourth-order valence-corrected chi connectivity index (χ4v) is 23.6. The molecule has 0 unspecified atom stereocenters. The number of aromatic nitrogens is 6. The Labute approximate surface area is 834 Å². The van der Waals surface area contributed by atoms with E-state index in [1.165, 1.54) is 208 Å². The first-order chi connectivity index (χ1) is 72.0. The third-order valence-corrected chi connectivity index (χ3v) is 30.1. The fourth-order valence-electron chi connectivity index (χ4n) is 23.6. The second-order valence-corrected chi connectivity index (χ2v) is 38.0. The standard InChI is InChI=1S/C46H28N2O.2C46H30N2/c1-2-13-32(14-3-1)47-41-26-25-38-35-17-6-8-19-40(35)48(46(38)44(41)39-24-21-29-11-4-5-16-34(29)45(39)47)33-15-10-12-30(27-33)31-22-23-37-36-18-7-9-20-42(36)49-43(37)28-31;1-3-12-31(13-4-1)33-22-25-36(26-23-33)47-43-29-28-40-39-20-9-10-21-42(39)48(37-18-11-17-35(30-37)32-14-5-2-6-15-32)46(40)44(43)41-27-24-34-16-7-8-19-38(34)45(41)47;1-3-12-31(13-4-1)33-22-25-36(26-23-33)47-42-21-10-9-20-39(42)40-28-29-43-44(46(40)47)41-27-24-34-16-7-8-19-38(34)45(41)48(43)37-18-11-17-35(30-37)32-14-5-2-6-15-32/h1-28H;2*1-30H. The van der Waals surface area contributed by atoms with Crippen molar-refractivity contribution in [2.24, 2.45) is 0 Å². The van der Waals surface area contributed by atoms with Gasteiger partial charge < -0.3 is 31.8 Å². The monoisotopic (exact) mass is 1840 g/mol. The highest BCUT2D eigenvalue weighted by molar-refractivity contribution is 6.33. The van der Waals surface area contributed by atoms with Crippen molar-refractivity contribution in [2.75, 3.05) is 0 Å². The van der Waals surface area contributed by atoms with Crippen LogP contribution in [0.4, 0.5) is 0 Å². The molecule has 0 amide bonds. The zero-order chi connectivity index (χ0) is 95.3. The molecule has 0 N–H and O–H groups in total. The van der Waals surface area contributed by atoms with Crippen LogP contribution in [0.25, 0.3) is 275 Å². The lowest BCUT2D eigenvalue weighted by Crippen LogP contribution is -1.96. The van der Waals surface area contributed by atoms with E-state index in [2.05, 4.69) is 549 Å². The normalized spacial score (nSPS) is 11.9. The molecule has 7 aromatic heterocycles. The Morgan fingerprint density at radius 2 is 0.359 bits per heavy atom. The molecule has 31 aromatic rings. The van der Waals surface area contributed by atoms with Gasteiger partial charge in [0.2, 0.25) is 0 Å². The van der Waals surface area contributed by atoms with Crippen molar-refractivity contribution in [3.05, 3.63) is 534 Å². The van der Waals surface area contributed by atoms with E-state index in [9.17, 15) is 0 Å². The minimum Gasteiger partial charge on any atom is -0.456 e. The van der Waals surface area contributed by atoms with Crippen LogP contribution in [-0.4, -0.2) is 27.4 Å². The highest BCUT2D eigenvalue weighted by atomic mass is 16.3. The number of hydrogen-bond acceptors (Lipinski definition) is 1. The summed E-state index contributed by atoms with van der Waals surface area (Å²) in [6, 6.07) is 194. The van der Waals surface area contributed by atoms with E-state index in [1.807, 2.05) is 12.1 Å². The minimum atomic E-state index is 0.906. The van der Waals surface area contributed by atoms with Gasteiger partial charge >= 0.3 is 0 Å². The van der Waals surface area contributed by atoms with Crippen LogP contribution in [0.2, 0.25) is 0 Å². The van der Waals surface area contributed by atoms with Gasteiger partial charge in [-0.25, -0.2) is 0 Å². The predicted molar refractivity (Wildman–Crippen MR) is 612 cm³/mol. The molecule has 0 aliphatic carbocycles. The molecular formula is C138H88N6O. The Hall–Kier alpha value is -19.3. The summed E-state index contributed by atoms with van der Waals surface area (Å²) >= 11 is 0. The van der Waals surface area contributed by atoms with Gasteiger partial charge in [0, 0.05) is 126 Å². The molecule has 0 radical (unpaired) electrons. The SMILES string of the molecule is c1ccc(-c2ccc(-n3c4ccc5c6ccccc6n(-c6cccc(-c7ccccc7)c6)c5c4c4ccc5ccccc5c43)cc2)cc1.c1ccc(-c2ccc(-n3c4ccccc4c4ccc5c(c6ccc7ccccc7c6n5-c5cccc(-c6ccccc6)c5)c43)cc2)cc1.c1ccc(-n2c3ccc4c5ccccc5n(-c5cccc(-c6ccc7c(c6)oc6ccccc67)c5)c4c3c3ccc4ccccc4c32)cc1. The molecular weight excluding hydrogens is 1760 g/mol. The summed E-state index contributed by atoms with van der Waals surface area (Å²) in [5.74, 6) is 0. The lowest BCUT2D eigenvalue weighted by molar-refractivity contribution is 0.669. The highest BCUT2D eigenvalue weighted by Gasteiger charge is 2.28. The first kappa shape index (κ1) is 82.7. The second-order valence-electron chi connectivity index (χ2n) is 38.0. The second kappa shape index (κ2) is 33.7. The largest absolute Gasteiger partial charge is 0.456 e. The van der Waals surface area contributed by atoms with Crippen molar-refractivity contribution in [3.63, 3.8) is 0 Å². The summed E-state index contributed by atoms with van der Waals surface area (Å²) in [5.41, 5.74) is 35.3. The van der Waals surface area contributed by atoms with Gasteiger partial charge in [0.1, 0.15) is 11.2 Å². The van der Waals surface area contributed by atoms with Gasteiger partial charge in [-0.3, -0.25) is 0 Å². The Morgan fingerprint density at radius 1 is 0.117 bits per heavy atom. The number of hydrogen-bond donors (Lipinski definition) is 0. The number of nitrogens with zero attached hydrogens (tertiary/aromatic N) is 6. The zero-order valence-electron chi connectivity index (χ0n) is 78.9. The van der Waals surface area contributed by atoms with Crippen LogP contribution in [0.5, 0.6) is 0 Å². The molecule has 7 nitrogen and oxygen atoms in total. The van der Waals surface area contributed by atoms with Crippen molar-refractivity contribution < 1.29 is 4.42 Å². The lowest BCUT2D eigenvalue weighted by atomic mass is 10.0. The maximum absolute atomic E-state index is 6.28. The number of para-hydroxylation sites is 5. The fraction of sp³-hybridized carbons (Fsp3) is 0. The van der Waals surface area contributed by atoms with E-state index in [0.29, 0.717) is 0 Å². The van der Waals surface area contributed by atoms with Gasteiger partial charge in [-0.1, -0.05) is 406 Å². The summed E-state index contributed by atoms with van der Waals surface area (Å²) in [4.78, 5) is 0. The molecule has 7 heterocycles. The highest BCUT2D eigenvalue weighted by Crippen LogP contribution is 2.51. The molecule has 0 fully saturated rings. The quantitative estimate of drug-likeness (QED) is 0.127. The number of fused-ring (bicyclic) bond motifs is 30. The number of benzene rings is 24. The topological polar surface area (TPSA) is 42.7 Å². The van der Waals surface area contributed by atoms with Crippen LogP contribution < -0.4 is 0 Å². The van der Waals surface area contributed by atoms with Crippen LogP contribution >= 0.6 is 0 Å². The van der Waals surface area contributed by atoms with Crippen molar-refractivity contribution in [2.45, 2.75) is 0 Å². The summed E-state index contributed by atoms with van der Waals surface area (Å²) in [7, 11) is 0. The van der Waals surface area contributed by atoms with Gasteiger partial charge in [0.05, 0.1) is 66.2 Å². The minimum absolute atomic E-state index is 0.906. The summed E-state index contributed by atoms with van der Waals surface area (Å²) < 4.78 is 21.1. The Bertz CT molecular complexity index is 10600. The Kier molecular flexibility index (Phi) is 19.3. The first-order valence-electron chi connectivity index (χ1n) is 49.8.